The number of rotatable bonds is 4. The van der Waals surface area contributed by atoms with Crippen molar-refractivity contribution in [1.82, 2.24) is 0 Å². The topological polar surface area (TPSA) is 56.0 Å². The smallest absolute Gasteiger partial charge is 0.396 e. The van der Waals surface area contributed by atoms with Crippen LogP contribution in [0.5, 0.6) is 0 Å². The Kier molecular flexibility index (Phi) is 4.73. The predicted octanol–water partition coefficient (Wildman–Crippen LogP) is 3.40. The highest BCUT2D eigenvalue weighted by Crippen LogP contribution is 2.34. The molecule has 1 fully saturated rings. The number of halogens is 3. The minimum absolute atomic E-state index is 0.142. The van der Waals surface area contributed by atoms with Crippen molar-refractivity contribution in [3.63, 3.8) is 0 Å². The normalized spacial score (nSPS) is 22.0. The van der Waals surface area contributed by atoms with E-state index in [1.807, 2.05) is 0 Å². The van der Waals surface area contributed by atoms with Gasteiger partial charge in [0.05, 0.1) is 17.2 Å². The van der Waals surface area contributed by atoms with Crippen LogP contribution in [-0.4, -0.2) is 18.3 Å². The Balaban J connectivity index is 2.07. The van der Waals surface area contributed by atoms with E-state index in [-0.39, 0.29) is 18.1 Å². The molecule has 1 aromatic rings. The molecular weight excluding hydrogens is 281 g/mol. The minimum Gasteiger partial charge on any atom is -0.396 e. The van der Waals surface area contributed by atoms with Crippen molar-refractivity contribution in [1.29, 1.82) is 5.26 Å². The van der Waals surface area contributed by atoms with Crippen LogP contribution in [0.15, 0.2) is 18.2 Å². The van der Waals surface area contributed by atoms with Crippen molar-refractivity contribution in [2.75, 3.05) is 18.5 Å². The van der Waals surface area contributed by atoms with Crippen LogP contribution in [0.25, 0.3) is 0 Å². The molecule has 0 amide bonds. The lowest BCUT2D eigenvalue weighted by atomic mass is 9.97. The first-order valence-corrected chi connectivity index (χ1v) is 6.91. The van der Waals surface area contributed by atoms with E-state index in [4.69, 9.17) is 5.26 Å². The van der Waals surface area contributed by atoms with Crippen molar-refractivity contribution in [2.45, 2.75) is 25.4 Å². The summed E-state index contributed by atoms with van der Waals surface area (Å²) in [6.07, 6.45) is -1.46. The highest BCUT2D eigenvalue weighted by Gasteiger charge is 2.33. The van der Waals surface area contributed by atoms with Gasteiger partial charge in [-0.2, -0.15) is 18.4 Å². The molecule has 3 nitrogen and oxygen atoms in total. The standard InChI is InChI=1S/C15H17F3N2O/c16-15(17,18)14-5-4-13(6-12(14)7-19)20-8-10-2-1-3-11(10)9-21/h4-6,10-11,20-21H,1-3,8-9H2. The lowest BCUT2D eigenvalue weighted by Crippen LogP contribution is -2.21. The van der Waals surface area contributed by atoms with Crippen molar-refractivity contribution in [3.05, 3.63) is 29.3 Å². The number of aliphatic hydroxyl groups excluding tert-OH is 1. The summed E-state index contributed by atoms with van der Waals surface area (Å²) in [7, 11) is 0. The van der Waals surface area contributed by atoms with Crippen molar-refractivity contribution >= 4 is 5.69 Å². The van der Waals surface area contributed by atoms with Gasteiger partial charge < -0.3 is 10.4 Å². The van der Waals surface area contributed by atoms with E-state index in [0.717, 1.165) is 25.3 Å². The zero-order valence-electron chi connectivity index (χ0n) is 11.5. The summed E-state index contributed by atoms with van der Waals surface area (Å²) in [5.74, 6) is 0.574. The fourth-order valence-electron chi connectivity index (χ4n) is 2.87. The van der Waals surface area contributed by atoms with E-state index in [0.29, 0.717) is 18.2 Å². The Morgan fingerprint density at radius 1 is 1.29 bits per heavy atom. The first-order valence-electron chi connectivity index (χ1n) is 6.91. The second-order valence-electron chi connectivity index (χ2n) is 5.38. The number of nitrogens with one attached hydrogen (secondary N) is 1. The summed E-state index contributed by atoms with van der Waals surface area (Å²) in [5, 5.41) is 21.2. The van der Waals surface area contributed by atoms with Crippen LogP contribution in [0.3, 0.4) is 0 Å². The zero-order valence-corrected chi connectivity index (χ0v) is 11.5. The summed E-state index contributed by atoms with van der Waals surface area (Å²) in [6.45, 7) is 0.740. The first-order chi connectivity index (χ1) is 9.95. The third-order valence-corrected chi connectivity index (χ3v) is 4.06. The van der Waals surface area contributed by atoms with Crippen LogP contribution in [0.1, 0.15) is 30.4 Å². The number of benzene rings is 1. The fraction of sp³-hybridized carbons (Fsp3) is 0.533. The summed E-state index contributed by atoms with van der Waals surface area (Å²) in [4.78, 5) is 0. The van der Waals surface area contributed by atoms with Crippen LogP contribution in [-0.2, 0) is 6.18 Å². The van der Waals surface area contributed by atoms with Gasteiger partial charge in [-0.05, 0) is 42.9 Å². The average molecular weight is 298 g/mol. The predicted molar refractivity (Wildman–Crippen MR) is 72.6 cm³/mol. The van der Waals surface area contributed by atoms with Crippen molar-refractivity contribution < 1.29 is 18.3 Å². The minimum atomic E-state index is -4.52. The SMILES string of the molecule is N#Cc1cc(NCC2CCCC2CO)ccc1C(F)(F)F. The van der Waals surface area contributed by atoms with Crippen LogP contribution in [0.2, 0.25) is 0 Å². The number of alkyl halides is 3. The molecule has 0 heterocycles. The molecule has 0 aliphatic heterocycles. The zero-order chi connectivity index (χ0) is 15.5. The monoisotopic (exact) mass is 298 g/mol. The second-order valence-corrected chi connectivity index (χ2v) is 5.38. The number of nitriles is 1. The summed E-state index contributed by atoms with van der Waals surface area (Å²) < 4.78 is 38.1. The molecule has 0 aromatic heterocycles. The maximum Gasteiger partial charge on any atom is 0.417 e. The second kappa shape index (κ2) is 6.35. The van der Waals surface area contributed by atoms with Crippen LogP contribution in [0.4, 0.5) is 18.9 Å². The van der Waals surface area contributed by atoms with E-state index in [1.54, 1.807) is 6.07 Å². The highest BCUT2D eigenvalue weighted by atomic mass is 19.4. The largest absolute Gasteiger partial charge is 0.417 e. The molecule has 1 saturated carbocycles. The summed E-state index contributed by atoms with van der Waals surface area (Å²) in [5.41, 5.74) is -0.787. The van der Waals surface area contributed by atoms with E-state index >= 15 is 0 Å². The summed E-state index contributed by atoms with van der Waals surface area (Å²) >= 11 is 0. The van der Waals surface area contributed by atoms with Gasteiger partial charge in [0, 0.05) is 18.8 Å². The lowest BCUT2D eigenvalue weighted by Gasteiger charge is -2.19. The van der Waals surface area contributed by atoms with Gasteiger partial charge in [-0.15, -0.1) is 0 Å². The quantitative estimate of drug-likeness (QED) is 0.895. The number of hydrogen-bond donors (Lipinski definition) is 2. The molecule has 1 aliphatic carbocycles. The molecule has 1 aromatic carbocycles. The molecule has 0 radical (unpaired) electrons. The fourth-order valence-corrected chi connectivity index (χ4v) is 2.87. The van der Waals surface area contributed by atoms with Crippen LogP contribution < -0.4 is 5.32 Å². The maximum atomic E-state index is 12.7. The van der Waals surface area contributed by atoms with E-state index in [2.05, 4.69) is 5.32 Å². The Bertz CT molecular complexity index is 537. The van der Waals surface area contributed by atoms with Gasteiger partial charge >= 0.3 is 6.18 Å². The molecule has 2 unspecified atom stereocenters. The Morgan fingerprint density at radius 3 is 2.62 bits per heavy atom. The first kappa shape index (κ1) is 15.6. The molecule has 2 atom stereocenters. The van der Waals surface area contributed by atoms with Crippen molar-refractivity contribution in [2.24, 2.45) is 11.8 Å². The van der Waals surface area contributed by atoms with Gasteiger partial charge in [0.1, 0.15) is 0 Å². The van der Waals surface area contributed by atoms with Crippen LogP contribution in [0, 0.1) is 23.2 Å². The van der Waals surface area contributed by atoms with Gasteiger partial charge in [0.25, 0.3) is 0 Å². The molecule has 2 N–H and O–H groups in total. The molecule has 0 saturated heterocycles. The molecule has 0 spiro atoms. The molecule has 1 aliphatic rings. The molecule has 2 rings (SSSR count). The van der Waals surface area contributed by atoms with Gasteiger partial charge in [-0.1, -0.05) is 6.42 Å². The molecule has 0 bridgehead atoms. The number of anilines is 1. The number of hydrogen-bond acceptors (Lipinski definition) is 3. The third-order valence-electron chi connectivity index (χ3n) is 4.06. The highest BCUT2D eigenvalue weighted by molar-refractivity contribution is 5.53. The Morgan fingerprint density at radius 2 is 2.00 bits per heavy atom. The third kappa shape index (κ3) is 3.67. The van der Waals surface area contributed by atoms with E-state index < -0.39 is 11.7 Å². The molecular formula is C15H17F3N2O. The summed E-state index contributed by atoms with van der Waals surface area (Å²) in [6, 6.07) is 5.09. The maximum absolute atomic E-state index is 12.7. The molecule has 21 heavy (non-hydrogen) atoms. The molecule has 114 valence electrons. The van der Waals surface area contributed by atoms with Gasteiger partial charge in [0.2, 0.25) is 0 Å². The average Bonchev–Trinajstić information content (AvgIpc) is 2.91. The van der Waals surface area contributed by atoms with E-state index in [9.17, 15) is 18.3 Å². The lowest BCUT2D eigenvalue weighted by molar-refractivity contribution is -0.137. The van der Waals surface area contributed by atoms with Gasteiger partial charge in [-0.25, -0.2) is 0 Å². The Labute approximate surface area is 121 Å². The van der Waals surface area contributed by atoms with Gasteiger partial charge in [-0.3, -0.25) is 0 Å². The molecule has 6 heteroatoms. The number of aliphatic hydroxyl groups is 1. The Hall–Kier alpha value is -1.74. The number of nitrogens with zero attached hydrogens (tertiary/aromatic N) is 1. The van der Waals surface area contributed by atoms with Gasteiger partial charge in [0.15, 0.2) is 0 Å². The van der Waals surface area contributed by atoms with E-state index in [1.165, 1.54) is 12.1 Å². The van der Waals surface area contributed by atoms with Crippen molar-refractivity contribution in [3.8, 4) is 6.07 Å². The van der Waals surface area contributed by atoms with Crippen LogP contribution >= 0.6 is 0 Å².